The first-order valence-corrected chi connectivity index (χ1v) is 15.5. The third-order valence-corrected chi connectivity index (χ3v) is 11.9. The molecule has 0 aromatic carbocycles. The second kappa shape index (κ2) is 9.83. The molecule has 0 saturated heterocycles. The van der Waals surface area contributed by atoms with E-state index >= 15 is 0 Å². The monoisotopic (exact) mass is 494 g/mol. The fraction of sp³-hybridized carbons (Fsp3) is 0.818. The van der Waals surface area contributed by atoms with E-state index in [1.165, 1.54) is 81.3 Å². The molecule has 0 bridgehead atoms. The predicted molar refractivity (Wildman–Crippen MR) is 145 cm³/mol. The zero-order valence-corrected chi connectivity index (χ0v) is 23.1. The van der Waals surface area contributed by atoms with Crippen molar-refractivity contribution in [3.63, 3.8) is 0 Å². The molecule has 1 N–H and O–H groups in total. The molecule has 200 valence electrons. The zero-order chi connectivity index (χ0) is 24.9. The Hall–Kier alpha value is -1.22. The molecule has 36 heavy (non-hydrogen) atoms. The molecular formula is C33H50O3. The molecule has 6 aliphatic rings. The number of rotatable bonds is 5. The van der Waals surface area contributed by atoms with Gasteiger partial charge in [0.05, 0.1) is 24.2 Å². The molecule has 0 heterocycles. The van der Waals surface area contributed by atoms with Gasteiger partial charge in [0.1, 0.15) is 6.10 Å². The van der Waals surface area contributed by atoms with Crippen LogP contribution in [0.2, 0.25) is 0 Å². The number of ether oxygens (including phenoxy) is 2. The Kier molecular flexibility index (Phi) is 6.84. The van der Waals surface area contributed by atoms with Crippen molar-refractivity contribution in [2.24, 2.45) is 40.4 Å². The van der Waals surface area contributed by atoms with Crippen LogP contribution in [-0.4, -0.2) is 23.9 Å². The third-order valence-electron chi connectivity index (χ3n) is 11.9. The van der Waals surface area contributed by atoms with Gasteiger partial charge in [0.15, 0.2) is 0 Å². The first-order valence-electron chi connectivity index (χ1n) is 15.5. The highest BCUT2D eigenvalue weighted by Crippen LogP contribution is 2.68. The summed E-state index contributed by atoms with van der Waals surface area (Å²) in [5, 5.41) is 10.8. The van der Waals surface area contributed by atoms with Crippen LogP contribution in [0.3, 0.4) is 0 Å². The maximum atomic E-state index is 10.8. The van der Waals surface area contributed by atoms with Gasteiger partial charge in [-0.2, -0.15) is 0 Å². The quantitative estimate of drug-likeness (QED) is 0.392. The highest BCUT2D eigenvalue weighted by Gasteiger charge is 2.64. The number of fused-ring (bicyclic) bond motifs is 5. The summed E-state index contributed by atoms with van der Waals surface area (Å²) in [6, 6.07) is 0. The van der Waals surface area contributed by atoms with E-state index in [1.807, 2.05) is 0 Å². The van der Waals surface area contributed by atoms with E-state index < -0.39 is 0 Å². The molecule has 0 amide bonds. The minimum Gasteiger partial charge on any atom is -0.497 e. The molecule has 9 atom stereocenters. The van der Waals surface area contributed by atoms with E-state index in [-0.39, 0.29) is 11.5 Å². The topological polar surface area (TPSA) is 38.7 Å². The zero-order valence-electron chi connectivity index (χ0n) is 23.1. The second-order valence-electron chi connectivity index (χ2n) is 13.8. The van der Waals surface area contributed by atoms with Gasteiger partial charge in [-0.25, -0.2) is 0 Å². The van der Waals surface area contributed by atoms with Crippen molar-refractivity contribution in [3.8, 4) is 0 Å². The molecular weight excluding hydrogens is 444 g/mol. The Morgan fingerprint density at radius 2 is 1.69 bits per heavy atom. The average molecular weight is 495 g/mol. The highest BCUT2D eigenvalue weighted by molar-refractivity contribution is 5.29. The predicted octanol–water partition coefficient (Wildman–Crippen LogP) is 8.10. The van der Waals surface area contributed by atoms with Crippen molar-refractivity contribution >= 4 is 0 Å². The van der Waals surface area contributed by atoms with Gasteiger partial charge in [-0.15, -0.1) is 0 Å². The van der Waals surface area contributed by atoms with E-state index in [9.17, 15) is 5.11 Å². The van der Waals surface area contributed by atoms with Crippen molar-refractivity contribution in [2.45, 2.75) is 123 Å². The van der Waals surface area contributed by atoms with Crippen molar-refractivity contribution in [1.82, 2.24) is 0 Å². The summed E-state index contributed by atoms with van der Waals surface area (Å²) < 4.78 is 13.6. The second-order valence-corrected chi connectivity index (χ2v) is 13.8. The van der Waals surface area contributed by atoms with Gasteiger partial charge < -0.3 is 14.6 Å². The van der Waals surface area contributed by atoms with Gasteiger partial charge in [-0.3, -0.25) is 0 Å². The molecule has 6 aliphatic carbocycles. The van der Waals surface area contributed by atoms with Crippen molar-refractivity contribution in [3.05, 3.63) is 35.3 Å². The van der Waals surface area contributed by atoms with Crippen LogP contribution in [0, 0.1) is 40.4 Å². The Balaban J connectivity index is 1.30. The number of hydrogen-bond acceptors (Lipinski definition) is 3. The third kappa shape index (κ3) is 4.11. The van der Waals surface area contributed by atoms with Crippen LogP contribution in [0.15, 0.2) is 35.3 Å². The van der Waals surface area contributed by atoms with E-state index in [0.29, 0.717) is 29.3 Å². The molecule has 6 rings (SSSR count). The Morgan fingerprint density at radius 1 is 0.944 bits per heavy atom. The van der Waals surface area contributed by atoms with E-state index in [0.717, 1.165) is 44.1 Å². The Labute approximate surface area is 219 Å². The summed E-state index contributed by atoms with van der Waals surface area (Å²) in [5.74, 6) is 5.78. The van der Waals surface area contributed by atoms with Crippen LogP contribution < -0.4 is 0 Å². The average Bonchev–Trinajstić information content (AvgIpc) is 3.20. The van der Waals surface area contributed by atoms with Crippen molar-refractivity contribution in [1.29, 1.82) is 0 Å². The number of allylic oxidation sites excluding steroid dienone is 4. The smallest absolute Gasteiger partial charge is 0.104 e. The molecule has 0 radical (unpaired) electrons. The first kappa shape index (κ1) is 25.1. The lowest BCUT2D eigenvalue weighted by atomic mass is 9.43. The number of hydrogen-bond donors (Lipinski definition) is 1. The van der Waals surface area contributed by atoms with Gasteiger partial charge >= 0.3 is 0 Å². The molecule has 0 spiro atoms. The molecule has 3 saturated carbocycles. The van der Waals surface area contributed by atoms with Gasteiger partial charge in [0.25, 0.3) is 0 Å². The SMILES string of the molecule is CC1CC2=CC(O)CC(C)[C@]2(COC2=CCCCC2)[C@@H]2CC[C@]3(C)C(OC4=CCCCC4)CC[C@H]3[C@H]12. The fourth-order valence-corrected chi connectivity index (χ4v) is 10.0. The molecule has 3 nitrogen and oxygen atoms in total. The molecule has 3 fully saturated rings. The summed E-state index contributed by atoms with van der Waals surface area (Å²) in [4.78, 5) is 0. The molecule has 0 aromatic heterocycles. The summed E-state index contributed by atoms with van der Waals surface area (Å²) in [6.07, 6.45) is 24.0. The molecule has 3 heteroatoms. The lowest BCUT2D eigenvalue weighted by Gasteiger charge is -2.62. The summed E-state index contributed by atoms with van der Waals surface area (Å²) in [5.41, 5.74) is 1.90. The summed E-state index contributed by atoms with van der Waals surface area (Å²) >= 11 is 0. The fourth-order valence-electron chi connectivity index (χ4n) is 10.0. The maximum Gasteiger partial charge on any atom is 0.104 e. The van der Waals surface area contributed by atoms with Gasteiger partial charge in [0.2, 0.25) is 0 Å². The molecule has 0 aliphatic heterocycles. The van der Waals surface area contributed by atoms with Crippen LogP contribution in [0.5, 0.6) is 0 Å². The van der Waals surface area contributed by atoms with Crippen molar-refractivity contribution < 1.29 is 14.6 Å². The van der Waals surface area contributed by atoms with Crippen LogP contribution in [0.1, 0.15) is 111 Å². The lowest BCUT2D eigenvalue weighted by Crippen LogP contribution is -2.58. The maximum absolute atomic E-state index is 10.8. The van der Waals surface area contributed by atoms with Crippen LogP contribution >= 0.6 is 0 Å². The first-order chi connectivity index (χ1) is 17.4. The largest absolute Gasteiger partial charge is 0.497 e. The Morgan fingerprint density at radius 3 is 2.42 bits per heavy atom. The standard InChI is InChI=1S/C33H50O3/c1-22-18-24-20-25(34)19-23(2)33(24,21-35-26-10-6-4-7-11-26)29-16-17-32(3)28(31(22)29)14-15-30(32)36-27-12-8-5-9-13-27/h10,12,20,22-23,25,28-31,34H,4-9,11,13-19,21H2,1-3H3/t22?,23?,25?,28-,29+,30?,31-,32-,33-/m0/s1. The lowest BCUT2D eigenvalue weighted by molar-refractivity contribution is -0.133. The van der Waals surface area contributed by atoms with E-state index in [4.69, 9.17) is 9.47 Å². The number of aliphatic hydroxyl groups is 1. The highest BCUT2D eigenvalue weighted by atomic mass is 16.5. The van der Waals surface area contributed by atoms with Crippen molar-refractivity contribution in [2.75, 3.05) is 6.61 Å². The normalized spacial score (nSPS) is 46.4. The van der Waals surface area contributed by atoms with Crippen LogP contribution in [-0.2, 0) is 9.47 Å². The number of aliphatic hydroxyl groups excluding tert-OH is 1. The van der Waals surface area contributed by atoms with Gasteiger partial charge in [-0.05, 0) is 119 Å². The van der Waals surface area contributed by atoms with E-state index in [1.54, 1.807) is 0 Å². The summed E-state index contributed by atoms with van der Waals surface area (Å²) in [6.45, 7) is 8.34. The van der Waals surface area contributed by atoms with Gasteiger partial charge in [-0.1, -0.05) is 32.4 Å². The minimum absolute atomic E-state index is 0.0842. The Bertz CT molecular complexity index is 916. The molecule has 0 aromatic rings. The van der Waals surface area contributed by atoms with Crippen LogP contribution in [0.25, 0.3) is 0 Å². The van der Waals surface area contributed by atoms with E-state index in [2.05, 4.69) is 39.0 Å². The minimum atomic E-state index is -0.289. The van der Waals surface area contributed by atoms with Crippen LogP contribution in [0.4, 0.5) is 0 Å². The summed E-state index contributed by atoms with van der Waals surface area (Å²) in [7, 11) is 0. The van der Waals surface area contributed by atoms with Gasteiger partial charge in [0, 0.05) is 23.7 Å². The molecule has 4 unspecified atom stereocenters.